The fourth-order valence-electron chi connectivity index (χ4n) is 3.47. The van der Waals surface area contributed by atoms with Crippen LogP contribution in [0.25, 0.3) is 0 Å². The van der Waals surface area contributed by atoms with E-state index in [4.69, 9.17) is 0 Å². The molecule has 2 bridgehead atoms. The molecule has 20 heavy (non-hydrogen) atoms. The average molecular weight is 342 g/mol. The van der Waals surface area contributed by atoms with Crippen molar-refractivity contribution < 1.29 is 4.92 Å². The maximum Gasteiger partial charge on any atom is 0.334 e. The third-order valence-electron chi connectivity index (χ3n) is 4.26. The number of likely N-dealkylation sites (tertiary alicyclic amines) is 1. The van der Waals surface area contributed by atoms with Crippen molar-refractivity contribution in [1.82, 2.24) is 9.47 Å². The molecule has 2 aliphatic rings. The highest BCUT2D eigenvalue weighted by Crippen LogP contribution is 2.35. The molecule has 1 saturated heterocycles. The number of pyridine rings is 1. The van der Waals surface area contributed by atoms with Crippen molar-refractivity contribution in [3.8, 4) is 0 Å². The number of rotatable bonds is 3. The molecule has 108 valence electrons. The van der Waals surface area contributed by atoms with Crippen LogP contribution in [0.1, 0.15) is 18.0 Å². The van der Waals surface area contributed by atoms with E-state index in [9.17, 15) is 14.9 Å². The topological polar surface area (TPSA) is 68.4 Å². The van der Waals surface area contributed by atoms with Crippen LogP contribution in [0.5, 0.6) is 0 Å². The predicted octanol–water partition coefficient (Wildman–Crippen LogP) is 1.57. The van der Waals surface area contributed by atoms with Gasteiger partial charge in [-0.15, -0.1) is 0 Å². The van der Waals surface area contributed by atoms with Gasteiger partial charge in [-0.05, 0) is 18.4 Å². The molecule has 0 saturated carbocycles. The fraction of sp³-hybridized carbons (Fsp3) is 0.615. The first-order chi connectivity index (χ1) is 9.60. The maximum atomic E-state index is 12.2. The number of halogens is 1. The molecular formula is C13H16BrN3O3. The Morgan fingerprint density at radius 2 is 2.15 bits per heavy atom. The van der Waals surface area contributed by atoms with Crippen LogP contribution in [0.15, 0.2) is 16.9 Å². The second-order valence-electron chi connectivity index (χ2n) is 5.56. The Bertz CT molecular complexity index is 601. The summed E-state index contributed by atoms with van der Waals surface area (Å²) in [6, 6.07) is 3.12. The lowest BCUT2D eigenvalue weighted by Crippen LogP contribution is -2.47. The summed E-state index contributed by atoms with van der Waals surface area (Å²) in [5, 5.41) is 11.8. The summed E-state index contributed by atoms with van der Waals surface area (Å²) < 4.78 is 1.63. The van der Waals surface area contributed by atoms with Crippen LogP contribution >= 0.6 is 15.9 Å². The van der Waals surface area contributed by atoms with E-state index in [1.165, 1.54) is 6.07 Å². The van der Waals surface area contributed by atoms with Gasteiger partial charge in [0, 0.05) is 49.2 Å². The number of nitro groups is 1. The van der Waals surface area contributed by atoms with Gasteiger partial charge in [-0.1, -0.05) is 15.9 Å². The highest BCUT2D eigenvalue weighted by Gasteiger charge is 2.35. The van der Waals surface area contributed by atoms with E-state index in [0.717, 1.165) is 37.1 Å². The summed E-state index contributed by atoms with van der Waals surface area (Å²) in [6.45, 7) is 3.51. The minimum Gasteiger partial charge on any atom is -0.306 e. The molecule has 0 unspecified atom stereocenters. The van der Waals surface area contributed by atoms with Gasteiger partial charge in [-0.3, -0.25) is 14.9 Å². The largest absolute Gasteiger partial charge is 0.334 e. The van der Waals surface area contributed by atoms with E-state index >= 15 is 0 Å². The van der Waals surface area contributed by atoms with Gasteiger partial charge in [0.25, 0.3) is 0 Å². The van der Waals surface area contributed by atoms with Gasteiger partial charge in [-0.25, -0.2) is 0 Å². The number of piperidine rings is 1. The van der Waals surface area contributed by atoms with Gasteiger partial charge < -0.3 is 9.47 Å². The molecule has 0 aromatic carbocycles. The lowest BCUT2D eigenvalue weighted by Gasteiger charge is -2.42. The molecule has 0 N–H and O–H groups in total. The zero-order valence-corrected chi connectivity index (χ0v) is 12.6. The molecule has 3 heterocycles. The van der Waals surface area contributed by atoms with Crippen molar-refractivity contribution in [2.24, 2.45) is 5.92 Å². The molecule has 2 atom stereocenters. The van der Waals surface area contributed by atoms with E-state index < -0.39 is 10.5 Å². The third-order valence-corrected chi connectivity index (χ3v) is 4.61. The van der Waals surface area contributed by atoms with Crippen molar-refractivity contribution in [3.63, 3.8) is 0 Å². The van der Waals surface area contributed by atoms with Crippen LogP contribution in [0.3, 0.4) is 0 Å². The number of alkyl halides is 1. The Hall–Kier alpha value is -1.21. The van der Waals surface area contributed by atoms with Crippen LogP contribution in [0.4, 0.5) is 5.69 Å². The second-order valence-corrected chi connectivity index (χ2v) is 6.36. The van der Waals surface area contributed by atoms with E-state index in [-0.39, 0.29) is 5.69 Å². The maximum absolute atomic E-state index is 12.2. The van der Waals surface area contributed by atoms with Crippen LogP contribution in [0.2, 0.25) is 0 Å². The normalized spacial score (nSPS) is 25.2. The summed E-state index contributed by atoms with van der Waals surface area (Å²) in [7, 11) is 0. The number of hydrogen-bond acceptors (Lipinski definition) is 4. The Morgan fingerprint density at radius 3 is 2.85 bits per heavy atom. The van der Waals surface area contributed by atoms with Gasteiger partial charge in [0.05, 0.1) is 4.92 Å². The molecule has 2 aliphatic heterocycles. The van der Waals surface area contributed by atoms with Gasteiger partial charge >= 0.3 is 11.2 Å². The molecule has 1 aromatic heterocycles. The molecule has 6 nitrogen and oxygen atoms in total. The predicted molar refractivity (Wildman–Crippen MR) is 78.4 cm³/mol. The molecule has 0 spiro atoms. The van der Waals surface area contributed by atoms with Crippen molar-refractivity contribution in [2.75, 3.05) is 25.0 Å². The Morgan fingerprint density at radius 1 is 1.35 bits per heavy atom. The monoisotopic (exact) mass is 341 g/mol. The first-order valence-electron chi connectivity index (χ1n) is 6.76. The van der Waals surface area contributed by atoms with Gasteiger partial charge in [-0.2, -0.15) is 0 Å². The average Bonchev–Trinajstić information content (AvgIpc) is 2.40. The Labute approximate surface area is 124 Å². The molecule has 1 fully saturated rings. The fourth-order valence-corrected chi connectivity index (χ4v) is 3.98. The van der Waals surface area contributed by atoms with Crippen LogP contribution < -0.4 is 5.56 Å². The van der Waals surface area contributed by atoms with E-state index in [0.29, 0.717) is 18.4 Å². The Balaban J connectivity index is 1.98. The first-order valence-corrected chi connectivity index (χ1v) is 7.88. The minimum atomic E-state index is -0.586. The second kappa shape index (κ2) is 5.29. The highest BCUT2D eigenvalue weighted by molar-refractivity contribution is 9.09. The van der Waals surface area contributed by atoms with Gasteiger partial charge in [0.2, 0.25) is 0 Å². The first kappa shape index (κ1) is 13.8. The molecule has 3 rings (SSSR count). The van der Waals surface area contributed by atoms with Crippen molar-refractivity contribution >= 4 is 21.6 Å². The van der Waals surface area contributed by atoms with Gasteiger partial charge in [0.1, 0.15) is 0 Å². The molecule has 7 heteroatoms. The Kier molecular flexibility index (Phi) is 3.64. The molecule has 0 aliphatic carbocycles. The molecule has 0 amide bonds. The van der Waals surface area contributed by atoms with Crippen LogP contribution in [0, 0.1) is 16.0 Å². The van der Waals surface area contributed by atoms with Gasteiger partial charge in [0.15, 0.2) is 0 Å². The number of fused-ring (bicyclic) bond motifs is 4. The summed E-state index contributed by atoms with van der Waals surface area (Å²) in [4.78, 5) is 24.9. The molecule has 1 aromatic rings. The van der Waals surface area contributed by atoms with E-state index in [1.54, 1.807) is 10.6 Å². The molecular weight excluding hydrogens is 326 g/mol. The number of hydrogen-bond donors (Lipinski definition) is 0. The summed E-state index contributed by atoms with van der Waals surface area (Å²) in [6.07, 6.45) is 1.08. The summed E-state index contributed by atoms with van der Waals surface area (Å²) in [5.41, 5.74) is 0.193. The quantitative estimate of drug-likeness (QED) is 0.475. The van der Waals surface area contributed by atoms with E-state index in [1.807, 2.05) is 0 Å². The highest BCUT2D eigenvalue weighted by atomic mass is 79.9. The third kappa shape index (κ3) is 2.29. The van der Waals surface area contributed by atoms with Crippen molar-refractivity contribution in [3.05, 3.63) is 38.3 Å². The number of nitrogens with zero attached hydrogens (tertiary/aromatic N) is 3. The van der Waals surface area contributed by atoms with Crippen molar-refractivity contribution in [1.29, 1.82) is 0 Å². The zero-order valence-electron chi connectivity index (χ0n) is 11.0. The van der Waals surface area contributed by atoms with Crippen LogP contribution in [-0.4, -0.2) is 39.4 Å². The van der Waals surface area contributed by atoms with E-state index in [2.05, 4.69) is 20.8 Å². The summed E-state index contributed by atoms with van der Waals surface area (Å²) in [5.74, 6) is 0.732. The standard InChI is InChI=1S/C13H16BrN3O3/c14-3-4-15-6-9-5-10(8-15)11-1-2-12(17(19)20)13(18)16(11)7-9/h1-2,9-10H,3-8H2/t9-,10+/m0/s1. The lowest BCUT2D eigenvalue weighted by atomic mass is 9.83. The molecule has 0 radical (unpaired) electrons. The van der Waals surface area contributed by atoms with Crippen LogP contribution in [-0.2, 0) is 6.54 Å². The smallest absolute Gasteiger partial charge is 0.306 e. The van der Waals surface area contributed by atoms with Crippen molar-refractivity contribution in [2.45, 2.75) is 18.9 Å². The minimum absolute atomic E-state index is 0.314. The SMILES string of the molecule is O=c1c([N+](=O)[O-])ccc2n1C[C@H]1C[C@@H]2CN(CCBr)C1. The number of aromatic nitrogens is 1. The lowest BCUT2D eigenvalue weighted by molar-refractivity contribution is -0.386. The summed E-state index contributed by atoms with van der Waals surface area (Å²) >= 11 is 3.46. The zero-order chi connectivity index (χ0) is 14.3.